The molecule has 0 aliphatic heterocycles. The van der Waals surface area contributed by atoms with Crippen LogP contribution in [-0.4, -0.2) is 24.9 Å². The molecule has 6 aliphatic carbocycles. The third-order valence-corrected chi connectivity index (χ3v) is 8.09. The summed E-state index contributed by atoms with van der Waals surface area (Å²) in [6.45, 7) is 4.05. The minimum atomic E-state index is 0.249. The largest absolute Gasteiger partial charge is 0.376 e. The highest BCUT2D eigenvalue weighted by Crippen LogP contribution is 2.57. The van der Waals surface area contributed by atoms with E-state index in [0.717, 1.165) is 48.7 Å². The van der Waals surface area contributed by atoms with Crippen molar-refractivity contribution in [2.75, 3.05) is 13.2 Å². The van der Waals surface area contributed by atoms with Crippen molar-refractivity contribution in [3.63, 3.8) is 0 Å². The summed E-state index contributed by atoms with van der Waals surface area (Å²) in [5.41, 5.74) is 0.249. The molecule has 2 nitrogen and oxygen atoms in total. The van der Waals surface area contributed by atoms with E-state index in [4.69, 9.17) is 9.47 Å². The zero-order valence-electron chi connectivity index (χ0n) is 14.8. The summed E-state index contributed by atoms with van der Waals surface area (Å²) in [6.07, 6.45) is 14.7. The summed E-state index contributed by atoms with van der Waals surface area (Å²) in [5, 5.41) is 0. The first kappa shape index (κ1) is 15.2. The van der Waals surface area contributed by atoms with Gasteiger partial charge in [0, 0.05) is 0 Å². The molecule has 0 aromatic carbocycles. The lowest BCUT2D eigenvalue weighted by atomic mass is 9.54. The normalized spacial score (nSPS) is 51.5. The Balaban J connectivity index is 1.10. The van der Waals surface area contributed by atoms with Gasteiger partial charge in [-0.05, 0) is 100 Å². The van der Waals surface area contributed by atoms with Crippen LogP contribution in [0.3, 0.4) is 0 Å². The monoisotopic (exact) mass is 318 g/mol. The van der Waals surface area contributed by atoms with Gasteiger partial charge in [0.2, 0.25) is 0 Å². The van der Waals surface area contributed by atoms with Crippen molar-refractivity contribution in [3.8, 4) is 0 Å². The standard InChI is InChI=1S/C21H34O2/c1-14(22-13-20-8-15-2-3-19(20)7-15)12-23-21-9-16-4-17(10-21)6-18(5-16)11-21/h14-20H,2-13H2,1H3. The SMILES string of the molecule is CC(COC12CC3CC(CC(C3)C1)C2)OCC1CC2CCC1C2. The molecule has 0 N–H and O–H groups in total. The first-order chi connectivity index (χ1) is 11.2. The molecule has 130 valence electrons. The number of hydrogen-bond donors (Lipinski definition) is 0. The van der Waals surface area contributed by atoms with E-state index in [0.29, 0.717) is 0 Å². The average Bonchev–Trinajstić information content (AvgIpc) is 3.12. The van der Waals surface area contributed by atoms with Crippen molar-refractivity contribution in [2.24, 2.45) is 35.5 Å². The molecule has 0 amide bonds. The molecule has 2 heteroatoms. The van der Waals surface area contributed by atoms with Crippen LogP contribution in [0.2, 0.25) is 0 Å². The van der Waals surface area contributed by atoms with Crippen molar-refractivity contribution in [1.82, 2.24) is 0 Å². The van der Waals surface area contributed by atoms with Crippen molar-refractivity contribution < 1.29 is 9.47 Å². The molecule has 0 radical (unpaired) electrons. The van der Waals surface area contributed by atoms with Crippen LogP contribution in [0.15, 0.2) is 0 Å². The summed E-state index contributed by atoms with van der Waals surface area (Å²) >= 11 is 0. The van der Waals surface area contributed by atoms with Gasteiger partial charge in [-0.25, -0.2) is 0 Å². The zero-order chi connectivity index (χ0) is 15.4. The van der Waals surface area contributed by atoms with Gasteiger partial charge in [-0.2, -0.15) is 0 Å². The lowest BCUT2D eigenvalue weighted by molar-refractivity contribution is -0.179. The van der Waals surface area contributed by atoms with Crippen molar-refractivity contribution in [3.05, 3.63) is 0 Å². The van der Waals surface area contributed by atoms with Crippen LogP contribution in [0.4, 0.5) is 0 Å². The first-order valence-electron chi connectivity index (χ1n) is 10.4. The van der Waals surface area contributed by atoms with Gasteiger partial charge >= 0.3 is 0 Å². The Morgan fingerprint density at radius 3 is 2.13 bits per heavy atom. The molecule has 4 atom stereocenters. The Hall–Kier alpha value is -0.0800. The van der Waals surface area contributed by atoms with Crippen LogP contribution in [0.25, 0.3) is 0 Å². The fraction of sp³-hybridized carbons (Fsp3) is 1.00. The third kappa shape index (κ3) is 2.88. The number of hydrogen-bond acceptors (Lipinski definition) is 2. The maximum atomic E-state index is 6.56. The molecule has 0 saturated heterocycles. The van der Waals surface area contributed by atoms with E-state index in [1.165, 1.54) is 64.2 Å². The Labute approximate surface area is 141 Å². The van der Waals surface area contributed by atoms with Crippen LogP contribution in [0.1, 0.15) is 71.1 Å². The fourth-order valence-electron chi connectivity index (χ4n) is 7.42. The van der Waals surface area contributed by atoms with E-state index < -0.39 is 0 Å². The van der Waals surface area contributed by atoms with E-state index in [1.54, 1.807) is 0 Å². The highest BCUT2D eigenvalue weighted by Gasteiger charge is 2.51. The average molecular weight is 319 g/mol. The molecule has 0 spiro atoms. The van der Waals surface area contributed by atoms with Gasteiger partial charge in [-0.1, -0.05) is 6.42 Å². The third-order valence-electron chi connectivity index (χ3n) is 8.09. The number of rotatable bonds is 6. The summed E-state index contributed by atoms with van der Waals surface area (Å²) in [6, 6.07) is 0. The molecule has 0 heterocycles. The van der Waals surface area contributed by atoms with E-state index in [1.807, 2.05) is 0 Å². The quantitative estimate of drug-likeness (QED) is 0.699. The minimum absolute atomic E-state index is 0.249. The summed E-state index contributed by atoms with van der Waals surface area (Å²) in [5.74, 6) is 5.81. The smallest absolute Gasteiger partial charge is 0.0780 e. The molecule has 6 fully saturated rings. The summed E-state index contributed by atoms with van der Waals surface area (Å²) in [4.78, 5) is 0. The summed E-state index contributed by atoms with van der Waals surface area (Å²) in [7, 11) is 0. The Morgan fingerprint density at radius 2 is 1.57 bits per heavy atom. The summed E-state index contributed by atoms with van der Waals surface area (Å²) < 4.78 is 12.8. The van der Waals surface area contributed by atoms with Crippen molar-refractivity contribution in [1.29, 1.82) is 0 Å². The highest BCUT2D eigenvalue weighted by molar-refractivity contribution is 5.03. The molecule has 6 rings (SSSR count). The van der Waals surface area contributed by atoms with Gasteiger partial charge in [-0.15, -0.1) is 0 Å². The van der Waals surface area contributed by atoms with Crippen molar-refractivity contribution >= 4 is 0 Å². The second kappa shape index (κ2) is 5.73. The molecule has 6 saturated carbocycles. The number of fused-ring (bicyclic) bond motifs is 2. The highest BCUT2D eigenvalue weighted by atomic mass is 16.5. The zero-order valence-corrected chi connectivity index (χ0v) is 14.8. The van der Waals surface area contributed by atoms with Gasteiger partial charge in [0.05, 0.1) is 24.9 Å². The van der Waals surface area contributed by atoms with Gasteiger partial charge in [0.15, 0.2) is 0 Å². The molecule has 4 unspecified atom stereocenters. The van der Waals surface area contributed by atoms with Crippen LogP contribution in [0.5, 0.6) is 0 Å². The van der Waals surface area contributed by atoms with E-state index in [9.17, 15) is 0 Å². The Kier molecular flexibility index (Phi) is 3.79. The fourth-order valence-corrected chi connectivity index (χ4v) is 7.42. The van der Waals surface area contributed by atoms with Gasteiger partial charge < -0.3 is 9.47 Å². The van der Waals surface area contributed by atoms with Gasteiger partial charge in [0.1, 0.15) is 0 Å². The second-order valence-electron chi connectivity index (χ2n) is 9.99. The molecule has 6 aliphatic rings. The molecule has 0 aromatic heterocycles. The lowest BCUT2D eigenvalue weighted by Gasteiger charge is -2.56. The second-order valence-corrected chi connectivity index (χ2v) is 9.99. The minimum Gasteiger partial charge on any atom is -0.376 e. The van der Waals surface area contributed by atoms with E-state index in [-0.39, 0.29) is 11.7 Å². The molecular formula is C21H34O2. The predicted molar refractivity (Wildman–Crippen MR) is 91.2 cm³/mol. The van der Waals surface area contributed by atoms with Crippen LogP contribution in [-0.2, 0) is 9.47 Å². The molecular weight excluding hydrogens is 284 g/mol. The van der Waals surface area contributed by atoms with Crippen LogP contribution < -0.4 is 0 Å². The van der Waals surface area contributed by atoms with E-state index in [2.05, 4.69) is 6.92 Å². The van der Waals surface area contributed by atoms with Crippen LogP contribution in [0, 0.1) is 35.5 Å². The Morgan fingerprint density at radius 1 is 0.870 bits per heavy atom. The molecule has 6 bridgehead atoms. The predicted octanol–water partition coefficient (Wildman–Crippen LogP) is 4.81. The maximum absolute atomic E-state index is 6.56. The lowest BCUT2D eigenvalue weighted by Crippen LogP contribution is -2.52. The molecule has 23 heavy (non-hydrogen) atoms. The van der Waals surface area contributed by atoms with E-state index >= 15 is 0 Å². The van der Waals surface area contributed by atoms with Crippen LogP contribution >= 0.6 is 0 Å². The Bertz CT molecular complexity index is 410. The maximum Gasteiger partial charge on any atom is 0.0780 e. The van der Waals surface area contributed by atoms with Gasteiger partial charge in [0.25, 0.3) is 0 Å². The topological polar surface area (TPSA) is 18.5 Å². The molecule has 0 aromatic rings. The van der Waals surface area contributed by atoms with Crippen molar-refractivity contribution in [2.45, 2.75) is 82.8 Å². The van der Waals surface area contributed by atoms with Gasteiger partial charge in [-0.3, -0.25) is 0 Å². The first-order valence-corrected chi connectivity index (χ1v) is 10.4. The number of ether oxygens (including phenoxy) is 2.